The molecule has 0 radical (unpaired) electrons. The smallest absolute Gasteiger partial charge is 0.416 e. The van der Waals surface area contributed by atoms with E-state index in [9.17, 15) is 23.1 Å². The Labute approximate surface area is 104 Å². The van der Waals surface area contributed by atoms with Gasteiger partial charge in [0.25, 0.3) is 0 Å². The van der Waals surface area contributed by atoms with E-state index in [0.717, 1.165) is 4.90 Å². The zero-order valence-corrected chi connectivity index (χ0v) is 10.6. The fourth-order valence-electron chi connectivity index (χ4n) is 1.89. The van der Waals surface area contributed by atoms with E-state index in [1.165, 1.54) is 0 Å². The summed E-state index contributed by atoms with van der Waals surface area (Å²) in [6.07, 6.45) is -7.51. The highest BCUT2D eigenvalue weighted by molar-refractivity contribution is 5.69. The van der Waals surface area contributed by atoms with Crippen molar-refractivity contribution in [2.75, 3.05) is 6.54 Å². The summed E-state index contributed by atoms with van der Waals surface area (Å²) in [6, 6.07) is -1.25. The molecule has 0 aromatic carbocycles. The Hall–Kier alpha value is -0.980. The maximum atomic E-state index is 12.4. The minimum atomic E-state index is -4.73. The first kappa shape index (κ1) is 15.1. The van der Waals surface area contributed by atoms with Crippen LogP contribution in [-0.4, -0.2) is 46.6 Å². The molecule has 1 aliphatic heterocycles. The quantitative estimate of drug-likeness (QED) is 0.794. The molecule has 18 heavy (non-hydrogen) atoms. The van der Waals surface area contributed by atoms with Gasteiger partial charge in [0.1, 0.15) is 5.60 Å². The molecule has 1 fully saturated rings. The first-order valence-corrected chi connectivity index (χ1v) is 5.77. The van der Waals surface area contributed by atoms with E-state index in [1.807, 2.05) is 0 Å². The van der Waals surface area contributed by atoms with Gasteiger partial charge < -0.3 is 14.7 Å². The van der Waals surface area contributed by atoms with Crippen molar-refractivity contribution in [3.63, 3.8) is 0 Å². The number of ether oxygens (including phenoxy) is 1. The van der Waals surface area contributed by atoms with Crippen molar-refractivity contribution in [1.29, 1.82) is 0 Å². The van der Waals surface area contributed by atoms with E-state index in [0.29, 0.717) is 6.42 Å². The largest absolute Gasteiger partial charge is 0.444 e. The van der Waals surface area contributed by atoms with Crippen LogP contribution in [0, 0.1) is 0 Å². The minimum absolute atomic E-state index is 0.125. The maximum absolute atomic E-state index is 12.4. The second-order valence-corrected chi connectivity index (χ2v) is 5.37. The molecule has 1 saturated heterocycles. The van der Waals surface area contributed by atoms with Crippen LogP contribution in [0.5, 0.6) is 0 Å². The number of likely N-dealkylation sites (tertiary alicyclic amines) is 1. The summed E-state index contributed by atoms with van der Waals surface area (Å²) in [5.41, 5.74) is -0.770. The summed E-state index contributed by atoms with van der Waals surface area (Å²) in [5, 5.41) is 9.23. The molecule has 1 N–H and O–H groups in total. The molecule has 1 aliphatic rings. The van der Waals surface area contributed by atoms with Crippen LogP contribution in [0.2, 0.25) is 0 Å². The number of rotatable bonds is 1. The highest BCUT2D eigenvalue weighted by Crippen LogP contribution is 2.31. The Kier molecular flexibility index (Phi) is 4.15. The molecule has 0 aliphatic carbocycles. The van der Waals surface area contributed by atoms with E-state index in [4.69, 9.17) is 4.74 Å². The van der Waals surface area contributed by atoms with Crippen molar-refractivity contribution in [3.05, 3.63) is 0 Å². The summed E-state index contributed by atoms with van der Waals surface area (Å²) in [6.45, 7) is 5.08. The number of halogens is 3. The number of hydrogen-bond donors (Lipinski definition) is 1. The molecule has 0 unspecified atom stereocenters. The van der Waals surface area contributed by atoms with E-state index in [-0.39, 0.29) is 13.0 Å². The SMILES string of the molecule is CC(C)(C)OC(=O)N1CCC[C@H]1[C@H](O)C(F)(F)F. The van der Waals surface area contributed by atoms with Crippen LogP contribution in [0.25, 0.3) is 0 Å². The van der Waals surface area contributed by atoms with Crippen molar-refractivity contribution in [2.45, 2.75) is 57.5 Å². The number of carbonyl (C=O) groups excluding carboxylic acids is 1. The van der Waals surface area contributed by atoms with Crippen LogP contribution in [0.1, 0.15) is 33.6 Å². The third-order valence-electron chi connectivity index (χ3n) is 2.63. The van der Waals surface area contributed by atoms with E-state index >= 15 is 0 Å². The zero-order chi connectivity index (χ0) is 14.1. The molecular weight excluding hydrogens is 251 g/mol. The van der Waals surface area contributed by atoms with Gasteiger partial charge in [-0.3, -0.25) is 0 Å². The molecule has 1 amide bonds. The predicted octanol–water partition coefficient (Wildman–Crippen LogP) is 2.31. The Morgan fingerprint density at radius 2 is 1.94 bits per heavy atom. The number of amides is 1. The van der Waals surface area contributed by atoms with E-state index in [1.54, 1.807) is 20.8 Å². The van der Waals surface area contributed by atoms with Crippen LogP contribution in [-0.2, 0) is 4.74 Å². The average Bonchev–Trinajstić information content (AvgIpc) is 2.60. The van der Waals surface area contributed by atoms with Crippen molar-refractivity contribution in [3.8, 4) is 0 Å². The molecule has 0 aromatic heterocycles. The zero-order valence-electron chi connectivity index (χ0n) is 10.6. The summed E-state index contributed by atoms with van der Waals surface area (Å²) in [5.74, 6) is 0. The van der Waals surface area contributed by atoms with Gasteiger partial charge in [-0.15, -0.1) is 0 Å². The van der Waals surface area contributed by atoms with Gasteiger partial charge in [-0.25, -0.2) is 4.79 Å². The highest BCUT2D eigenvalue weighted by atomic mass is 19.4. The number of aliphatic hydroxyl groups is 1. The predicted molar refractivity (Wildman–Crippen MR) is 58.0 cm³/mol. The lowest BCUT2D eigenvalue weighted by Gasteiger charge is -2.31. The maximum Gasteiger partial charge on any atom is 0.416 e. The molecule has 0 spiro atoms. The Bertz CT molecular complexity index is 312. The van der Waals surface area contributed by atoms with Gasteiger partial charge in [-0.2, -0.15) is 13.2 Å². The molecule has 2 atom stereocenters. The Balaban J connectivity index is 2.74. The van der Waals surface area contributed by atoms with Gasteiger partial charge in [-0.05, 0) is 33.6 Å². The molecule has 7 heteroatoms. The monoisotopic (exact) mass is 269 g/mol. The third-order valence-corrected chi connectivity index (χ3v) is 2.63. The van der Waals surface area contributed by atoms with E-state index < -0.39 is 30.0 Å². The molecule has 0 bridgehead atoms. The molecule has 106 valence electrons. The second kappa shape index (κ2) is 4.95. The first-order chi connectivity index (χ1) is 8.02. The molecule has 1 rings (SSSR count). The summed E-state index contributed by atoms with van der Waals surface area (Å²) in [7, 11) is 0. The van der Waals surface area contributed by atoms with Crippen molar-refractivity contribution >= 4 is 6.09 Å². The summed E-state index contributed by atoms with van der Waals surface area (Å²) >= 11 is 0. The van der Waals surface area contributed by atoms with Gasteiger partial charge in [0.2, 0.25) is 0 Å². The lowest BCUT2D eigenvalue weighted by atomic mass is 10.1. The van der Waals surface area contributed by atoms with Gasteiger partial charge in [0, 0.05) is 6.54 Å². The van der Waals surface area contributed by atoms with Crippen molar-refractivity contribution in [2.24, 2.45) is 0 Å². The highest BCUT2D eigenvalue weighted by Gasteiger charge is 2.48. The lowest BCUT2D eigenvalue weighted by Crippen LogP contribution is -2.50. The van der Waals surface area contributed by atoms with Crippen LogP contribution in [0.3, 0.4) is 0 Å². The van der Waals surface area contributed by atoms with Crippen molar-refractivity contribution < 1.29 is 27.8 Å². The standard InChI is InChI=1S/C11H18F3NO3/c1-10(2,3)18-9(17)15-6-4-5-7(15)8(16)11(12,13)14/h7-8,16H,4-6H2,1-3H3/t7-,8-/m0/s1. The fraction of sp³-hybridized carbons (Fsp3) is 0.909. The first-order valence-electron chi connectivity index (χ1n) is 5.77. The van der Waals surface area contributed by atoms with E-state index in [2.05, 4.69) is 0 Å². The van der Waals surface area contributed by atoms with Gasteiger partial charge >= 0.3 is 12.3 Å². The Morgan fingerprint density at radius 1 is 1.39 bits per heavy atom. The van der Waals surface area contributed by atoms with Crippen LogP contribution < -0.4 is 0 Å². The minimum Gasteiger partial charge on any atom is -0.444 e. The molecule has 4 nitrogen and oxygen atoms in total. The summed E-state index contributed by atoms with van der Waals surface area (Å²) in [4.78, 5) is 12.7. The normalized spacial score (nSPS) is 23.1. The lowest BCUT2D eigenvalue weighted by molar-refractivity contribution is -0.217. The van der Waals surface area contributed by atoms with Gasteiger partial charge in [0.05, 0.1) is 6.04 Å². The molecule has 0 aromatic rings. The Morgan fingerprint density at radius 3 is 2.39 bits per heavy atom. The molecule has 0 saturated carbocycles. The fourth-order valence-corrected chi connectivity index (χ4v) is 1.89. The van der Waals surface area contributed by atoms with Gasteiger partial charge in [-0.1, -0.05) is 0 Å². The number of aliphatic hydroxyl groups excluding tert-OH is 1. The van der Waals surface area contributed by atoms with Crippen LogP contribution in [0.15, 0.2) is 0 Å². The van der Waals surface area contributed by atoms with Gasteiger partial charge in [0.15, 0.2) is 6.10 Å². The van der Waals surface area contributed by atoms with Crippen molar-refractivity contribution in [1.82, 2.24) is 4.90 Å². The van der Waals surface area contributed by atoms with Crippen LogP contribution >= 0.6 is 0 Å². The van der Waals surface area contributed by atoms with Crippen LogP contribution in [0.4, 0.5) is 18.0 Å². The molecular formula is C11H18F3NO3. The topological polar surface area (TPSA) is 49.8 Å². The number of alkyl halides is 3. The molecule has 1 heterocycles. The number of nitrogens with zero attached hydrogens (tertiary/aromatic N) is 1. The average molecular weight is 269 g/mol. The number of hydrogen-bond acceptors (Lipinski definition) is 3. The summed E-state index contributed by atoms with van der Waals surface area (Å²) < 4.78 is 42.4. The second-order valence-electron chi connectivity index (χ2n) is 5.37. The third kappa shape index (κ3) is 3.76. The number of carbonyl (C=O) groups is 1.